The molecule has 33 heavy (non-hydrogen) atoms. The van der Waals surface area contributed by atoms with Gasteiger partial charge >= 0.3 is 6.09 Å². The van der Waals surface area contributed by atoms with Gasteiger partial charge in [-0.3, -0.25) is 4.90 Å². The van der Waals surface area contributed by atoms with Crippen LogP contribution in [0.15, 0.2) is 85.3 Å². The third-order valence-electron chi connectivity index (χ3n) is 5.50. The summed E-state index contributed by atoms with van der Waals surface area (Å²) in [7, 11) is 0. The van der Waals surface area contributed by atoms with Crippen molar-refractivity contribution in [3.05, 3.63) is 108 Å². The average Bonchev–Trinajstić information content (AvgIpc) is 3.39. The number of halogens is 3. The van der Waals surface area contributed by atoms with Crippen molar-refractivity contribution in [1.82, 2.24) is 9.55 Å². The molecule has 0 spiro atoms. The van der Waals surface area contributed by atoms with Crippen molar-refractivity contribution in [3.63, 3.8) is 0 Å². The molecule has 0 aliphatic carbocycles. The number of cyclic esters (lactones) is 1. The minimum Gasteiger partial charge on any atom is -0.441 e. The molecular weight excluding hydrogens is 448 g/mol. The van der Waals surface area contributed by atoms with Gasteiger partial charge < -0.3 is 9.30 Å². The van der Waals surface area contributed by atoms with Crippen molar-refractivity contribution < 1.29 is 18.3 Å². The molecule has 0 saturated carbocycles. The maximum absolute atomic E-state index is 14.1. The second-order valence-electron chi connectivity index (χ2n) is 7.74. The number of hydrogen-bond acceptors (Lipinski definition) is 3. The minimum absolute atomic E-state index is 0.248. The molecule has 3 aromatic carbocycles. The molecule has 1 saturated heterocycles. The summed E-state index contributed by atoms with van der Waals surface area (Å²) in [6.45, 7) is 0.248. The number of benzene rings is 3. The highest BCUT2D eigenvalue weighted by molar-refractivity contribution is 6.30. The van der Waals surface area contributed by atoms with E-state index in [1.165, 1.54) is 17.0 Å². The molecule has 166 valence electrons. The normalized spacial score (nSPS) is 17.9. The zero-order valence-corrected chi connectivity index (χ0v) is 18.0. The van der Waals surface area contributed by atoms with Crippen LogP contribution in [-0.2, 0) is 11.3 Å². The maximum atomic E-state index is 14.1. The Morgan fingerprint density at radius 3 is 2.36 bits per heavy atom. The number of nitrogens with zero attached hydrogens (tertiary/aromatic N) is 3. The summed E-state index contributed by atoms with van der Waals surface area (Å²) in [5, 5.41) is 0.503. The van der Waals surface area contributed by atoms with Crippen molar-refractivity contribution in [2.75, 3.05) is 4.90 Å². The average molecular weight is 466 g/mol. The van der Waals surface area contributed by atoms with Gasteiger partial charge in [-0.1, -0.05) is 41.9 Å². The third kappa shape index (κ3) is 4.32. The van der Waals surface area contributed by atoms with Gasteiger partial charge in [0.25, 0.3) is 0 Å². The number of ether oxygens (including phenoxy) is 1. The van der Waals surface area contributed by atoms with Gasteiger partial charge in [0.2, 0.25) is 0 Å². The van der Waals surface area contributed by atoms with Gasteiger partial charge in [-0.2, -0.15) is 0 Å². The van der Waals surface area contributed by atoms with Crippen LogP contribution in [0.25, 0.3) is 11.3 Å². The predicted octanol–water partition coefficient (Wildman–Crippen LogP) is 6.25. The first-order chi connectivity index (χ1) is 16.0. The van der Waals surface area contributed by atoms with E-state index in [0.717, 1.165) is 17.3 Å². The van der Waals surface area contributed by atoms with E-state index in [9.17, 15) is 13.6 Å². The van der Waals surface area contributed by atoms with Gasteiger partial charge in [0, 0.05) is 28.5 Å². The fraction of sp³-hybridized carbons (Fsp3) is 0.120. The van der Waals surface area contributed by atoms with Gasteiger partial charge in [-0.05, 0) is 42.0 Å². The van der Waals surface area contributed by atoms with Crippen LogP contribution in [0.1, 0.15) is 11.6 Å². The van der Waals surface area contributed by atoms with Gasteiger partial charge in [0.15, 0.2) is 0 Å². The highest BCUT2D eigenvalue weighted by atomic mass is 35.5. The summed E-state index contributed by atoms with van der Waals surface area (Å²) in [5.41, 5.74) is 2.52. The van der Waals surface area contributed by atoms with Crippen LogP contribution in [0.5, 0.6) is 0 Å². The Morgan fingerprint density at radius 2 is 1.67 bits per heavy atom. The van der Waals surface area contributed by atoms with Gasteiger partial charge in [0.05, 0.1) is 18.6 Å². The number of amides is 1. The topological polar surface area (TPSA) is 47.4 Å². The highest BCUT2D eigenvalue weighted by Gasteiger charge is 2.44. The molecule has 8 heteroatoms. The molecule has 2 atom stereocenters. The van der Waals surface area contributed by atoms with Crippen LogP contribution in [0.2, 0.25) is 5.02 Å². The standard InChI is InChI=1S/C25H18ClF2N3O2/c26-18-6-8-21(9-7-18)31-24(17-10-19(27)12-20(28)11-17)23(33-25(31)32)14-30-13-22(29-15-30)16-4-2-1-3-5-16/h1-13,15,23-24H,14H2/t23-,24-/m0/s1. The van der Waals surface area contributed by atoms with Crippen LogP contribution in [0.3, 0.4) is 0 Å². The Kier molecular flexibility index (Phi) is 5.56. The van der Waals surface area contributed by atoms with Gasteiger partial charge in [-0.25, -0.2) is 18.6 Å². The molecule has 0 N–H and O–H groups in total. The molecular formula is C25H18ClF2N3O2. The van der Waals surface area contributed by atoms with Crippen LogP contribution < -0.4 is 4.90 Å². The fourth-order valence-electron chi connectivity index (χ4n) is 4.07. The summed E-state index contributed by atoms with van der Waals surface area (Å²) < 4.78 is 35.7. The van der Waals surface area contributed by atoms with E-state index in [4.69, 9.17) is 16.3 Å². The second kappa shape index (κ2) is 8.67. The summed E-state index contributed by atoms with van der Waals surface area (Å²) >= 11 is 5.99. The summed E-state index contributed by atoms with van der Waals surface area (Å²) in [6.07, 6.45) is 2.16. The first-order valence-corrected chi connectivity index (χ1v) is 10.6. The Balaban J connectivity index is 1.51. The van der Waals surface area contributed by atoms with E-state index in [0.29, 0.717) is 16.3 Å². The quantitative estimate of drug-likeness (QED) is 0.350. The molecule has 1 aliphatic rings. The van der Waals surface area contributed by atoms with E-state index in [1.54, 1.807) is 35.2 Å². The zero-order valence-electron chi connectivity index (χ0n) is 17.2. The molecule has 2 heterocycles. The summed E-state index contributed by atoms with van der Waals surface area (Å²) in [5.74, 6) is -1.46. The lowest BCUT2D eigenvalue weighted by molar-refractivity contribution is 0.120. The zero-order chi connectivity index (χ0) is 22.9. The number of anilines is 1. The predicted molar refractivity (Wildman–Crippen MR) is 121 cm³/mol. The lowest BCUT2D eigenvalue weighted by Gasteiger charge is -2.25. The van der Waals surface area contributed by atoms with E-state index >= 15 is 0 Å². The number of carbonyl (C=O) groups excluding carboxylic acids is 1. The Hall–Kier alpha value is -3.71. The second-order valence-corrected chi connectivity index (χ2v) is 8.17. The number of rotatable bonds is 5. The molecule has 0 radical (unpaired) electrons. The molecule has 5 rings (SSSR count). The van der Waals surface area contributed by atoms with Crippen LogP contribution in [0.4, 0.5) is 19.3 Å². The lowest BCUT2D eigenvalue weighted by Crippen LogP contribution is -2.31. The molecule has 5 nitrogen and oxygen atoms in total. The molecule has 1 aromatic heterocycles. The molecule has 1 aliphatic heterocycles. The van der Waals surface area contributed by atoms with Crippen molar-refractivity contribution in [1.29, 1.82) is 0 Å². The van der Waals surface area contributed by atoms with E-state index in [1.807, 2.05) is 36.5 Å². The van der Waals surface area contributed by atoms with Crippen molar-refractivity contribution in [3.8, 4) is 11.3 Å². The molecule has 1 amide bonds. The number of aromatic nitrogens is 2. The Morgan fingerprint density at radius 1 is 0.970 bits per heavy atom. The van der Waals surface area contributed by atoms with Crippen LogP contribution >= 0.6 is 11.6 Å². The number of hydrogen-bond donors (Lipinski definition) is 0. The Bertz CT molecular complexity index is 1270. The first-order valence-electron chi connectivity index (χ1n) is 10.3. The maximum Gasteiger partial charge on any atom is 0.415 e. The van der Waals surface area contributed by atoms with Crippen molar-refractivity contribution >= 4 is 23.4 Å². The summed E-state index contributed by atoms with van der Waals surface area (Å²) in [4.78, 5) is 18.7. The number of carbonyl (C=O) groups is 1. The summed E-state index contributed by atoms with van der Waals surface area (Å²) in [6, 6.07) is 18.8. The van der Waals surface area contributed by atoms with Crippen molar-refractivity contribution in [2.24, 2.45) is 0 Å². The Labute approximate surface area is 193 Å². The monoisotopic (exact) mass is 465 g/mol. The lowest BCUT2D eigenvalue weighted by atomic mass is 9.99. The van der Waals surface area contributed by atoms with Crippen LogP contribution in [0, 0.1) is 11.6 Å². The molecule has 0 bridgehead atoms. The highest BCUT2D eigenvalue weighted by Crippen LogP contribution is 2.39. The van der Waals surface area contributed by atoms with E-state index in [2.05, 4.69) is 4.98 Å². The van der Waals surface area contributed by atoms with E-state index in [-0.39, 0.29) is 6.54 Å². The van der Waals surface area contributed by atoms with E-state index < -0.39 is 29.9 Å². The fourth-order valence-corrected chi connectivity index (χ4v) is 4.20. The van der Waals surface area contributed by atoms with Gasteiger partial charge in [-0.15, -0.1) is 0 Å². The minimum atomic E-state index is -0.758. The van der Waals surface area contributed by atoms with Crippen LogP contribution in [-0.4, -0.2) is 21.7 Å². The molecule has 0 unspecified atom stereocenters. The molecule has 4 aromatic rings. The first kappa shape index (κ1) is 21.2. The molecule has 1 fully saturated rings. The SMILES string of the molecule is O=C1O[C@@H](Cn2cnc(-c3ccccc3)c2)[C@H](c2cc(F)cc(F)c2)N1c1ccc(Cl)cc1. The van der Waals surface area contributed by atoms with Gasteiger partial charge in [0.1, 0.15) is 23.8 Å². The largest absolute Gasteiger partial charge is 0.441 e. The smallest absolute Gasteiger partial charge is 0.415 e. The number of imidazole rings is 1. The third-order valence-corrected chi connectivity index (χ3v) is 5.76. The van der Waals surface area contributed by atoms with Crippen molar-refractivity contribution in [2.45, 2.75) is 18.7 Å².